The van der Waals surface area contributed by atoms with Crippen molar-refractivity contribution in [1.82, 2.24) is 0 Å². The number of hydrogen-bond acceptors (Lipinski definition) is 2. The average Bonchev–Trinajstić information content (AvgIpc) is 2.49. The number of aliphatic hydroxyl groups is 1. The van der Waals surface area contributed by atoms with Crippen molar-refractivity contribution in [3.05, 3.63) is 20.8 Å². The van der Waals surface area contributed by atoms with E-state index in [1.165, 1.54) is 4.88 Å². The smallest absolute Gasteiger partial charge is 0.0616 e. The van der Waals surface area contributed by atoms with Gasteiger partial charge in [-0.1, -0.05) is 20.8 Å². The summed E-state index contributed by atoms with van der Waals surface area (Å²) in [5, 5.41) is 12.0. The van der Waals surface area contributed by atoms with E-state index >= 15 is 0 Å². The predicted octanol–water partition coefficient (Wildman–Crippen LogP) is 3.71. The first-order valence-electron chi connectivity index (χ1n) is 4.91. The Morgan fingerprint density at radius 3 is 2.50 bits per heavy atom. The Labute approximate surface area is 98.3 Å². The summed E-state index contributed by atoms with van der Waals surface area (Å²) in [6.07, 6.45) is 0.552. The molecule has 0 saturated heterocycles. The van der Waals surface area contributed by atoms with Crippen molar-refractivity contribution in [2.45, 2.75) is 33.3 Å². The molecule has 1 nitrogen and oxygen atoms in total. The molecule has 0 aliphatic carbocycles. The fraction of sp³-hybridized carbons (Fsp3) is 0.636. The van der Waals surface area contributed by atoms with E-state index < -0.39 is 0 Å². The molecule has 1 heterocycles. The van der Waals surface area contributed by atoms with Crippen LogP contribution in [0.15, 0.2) is 15.9 Å². The van der Waals surface area contributed by atoms with Crippen LogP contribution in [0.5, 0.6) is 0 Å². The van der Waals surface area contributed by atoms with Crippen LogP contribution >= 0.6 is 27.3 Å². The van der Waals surface area contributed by atoms with Gasteiger partial charge in [0.25, 0.3) is 0 Å². The first kappa shape index (κ1) is 12.2. The highest BCUT2D eigenvalue weighted by molar-refractivity contribution is 9.10. The van der Waals surface area contributed by atoms with Gasteiger partial charge in [0.15, 0.2) is 0 Å². The Morgan fingerprint density at radius 1 is 1.43 bits per heavy atom. The third-order valence-electron chi connectivity index (χ3n) is 2.69. The maximum atomic E-state index is 9.94. The molecule has 1 rings (SSSR count). The van der Waals surface area contributed by atoms with Crippen molar-refractivity contribution in [3.63, 3.8) is 0 Å². The van der Waals surface area contributed by atoms with Crippen molar-refractivity contribution >= 4 is 27.3 Å². The highest BCUT2D eigenvalue weighted by Gasteiger charge is 2.18. The van der Waals surface area contributed by atoms with Gasteiger partial charge in [-0.3, -0.25) is 0 Å². The van der Waals surface area contributed by atoms with Crippen LogP contribution in [0.4, 0.5) is 0 Å². The van der Waals surface area contributed by atoms with Crippen LogP contribution in [0.25, 0.3) is 0 Å². The second kappa shape index (κ2) is 5.29. The van der Waals surface area contributed by atoms with Crippen molar-refractivity contribution in [2.75, 3.05) is 0 Å². The van der Waals surface area contributed by atoms with Gasteiger partial charge in [0.2, 0.25) is 0 Å². The van der Waals surface area contributed by atoms with Crippen LogP contribution < -0.4 is 0 Å². The lowest BCUT2D eigenvalue weighted by Gasteiger charge is -2.21. The van der Waals surface area contributed by atoms with Gasteiger partial charge < -0.3 is 5.11 Å². The van der Waals surface area contributed by atoms with Crippen LogP contribution in [0.1, 0.15) is 25.6 Å². The van der Waals surface area contributed by atoms with Crippen LogP contribution in [-0.2, 0) is 6.42 Å². The zero-order chi connectivity index (χ0) is 10.7. The lowest BCUT2D eigenvalue weighted by molar-refractivity contribution is 0.0929. The minimum absolute atomic E-state index is 0.222. The van der Waals surface area contributed by atoms with Crippen LogP contribution in [0.3, 0.4) is 0 Å². The Kier molecular flexibility index (Phi) is 4.61. The fourth-order valence-electron chi connectivity index (χ4n) is 1.30. The average molecular weight is 277 g/mol. The second-order valence-electron chi connectivity index (χ2n) is 4.11. The molecule has 1 aromatic rings. The summed E-state index contributed by atoms with van der Waals surface area (Å²) in [5.74, 6) is 0.893. The molecule has 1 N–H and O–H groups in total. The summed E-state index contributed by atoms with van der Waals surface area (Å²) in [5.41, 5.74) is 0. The molecule has 0 bridgehead atoms. The molecule has 0 radical (unpaired) electrons. The van der Waals surface area contributed by atoms with Crippen LogP contribution in [0.2, 0.25) is 0 Å². The van der Waals surface area contributed by atoms with Gasteiger partial charge in [-0.25, -0.2) is 0 Å². The summed E-state index contributed by atoms with van der Waals surface area (Å²) in [4.78, 5) is 1.25. The van der Waals surface area contributed by atoms with E-state index in [2.05, 4.69) is 48.1 Å². The van der Waals surface area contributed by atoms with E-state index in [4.69, 9.17) is 0 Å². The molecule has 0 aliphatic rings. The number of aliphatic hydroxyl groups excluding tert-OH is 1. The molecule has 0 fully saturated rings. The van der Waals surface area contributed by atoms with Crippen molar-refractivity contribution in [1.29, 1.82) is 0 Å². The lowest BCUT2D eigenvalue weighted by atomic mass is 9.90. The molecule has 0 aromatic carbocycles. The molecule has 80 valence electrons. The van der Waals surface area contributed by atoms with Gasteiger partial charge in [0, 0.05) is 21.2 Å². The fourth-order valence-corrected chi connectivity index (χ4v) is 2.80. The van der Waals surface area contributed by atoms with Crippen LogP contribution in [0, 0.1) is 11.8 Å². The summed E-state index contributed by atoms with van der Waals surface area (Å²) in [6.45, 7) is 6.41. The maximum absolute atomic E-state index is 9.94. The molecule has 0 saturated carbocycles. The maximum Gasteiger partial charge on any atom is 0.0616 e. The van der Waals surface area contributed by atoms with E-state index in [0.717, 1.165) is 10.9 Å². The topological polar surface area (TPSA) is 20.2 Å². The second-order valence-corrected chi connectivity index (χ2v) is 6.02. The van der Waals surface area contributed by atoms with Gasteiger partial charge >= 0.3 is 0 Å². The molecule has 3 heteroatoms. The Morgan fingerprint density at radius 2 is 2.07 bits per heavy atom. The molecular formula is C11H17BrOS. The molecular weight excluding hydrogens is 260 g/mol. The molecule has 0 spiro atoms. The molecule has 14 heavy (non-hydrogen) atoms. The molecule has 2 atom stereocenters. The van der Waals surface area contributed by atoms with Gasteiger partial charge in [0.1, 0.15) is 0 Å². The molecule has 0 aliphatic heterocycles. The van der Waals surface area contributed by atoms with Gasteiger partial charge in [0.05, 0.1) is 6.10 Å². The quantitative estimate of drug-likeness (QED) is 0.889. The SMILES string of the molecule is CC(C)C(C)C(O)Cc1cc(Br)cs1. The minimum atomic E-state index is -0.222. The normalized spacial score (nSPS) is 15.9. The van der Waals surface area contributed by atoms with Gasteiger partial charge in [-0.05, 0) is 33.8 Å². The first-order chi connectivity index (χ1) is 6.50. The Balaban J connectivity index is 2.52. The third kappa shape index (κ3) is 3.37. The highest BCUT2D eigenvalue weighted by Crippen LogP contribution is 2.24. The van der Waals surface area contributed by atoms with E-state index in [-0.39, 0.29) is 6.10 Å². The summed E-state index contributed by atoms with van der Waals surface area (Å²) in [6, 6.07) is 2.08. The van der Waals surface area contributed by atoms with Crippen molar-refractivity contribution in [3.8, 4) is 0 Å². The molecule has 1 aromatic heterocycles. The zero-order valence-electron chi connectivity index (χ0n) is 8.83. The lowest BCUT2D eigenvalue weighted by Crippen LogP contribution is -2.24. The summed E-state index contributed by atoms with van der Waals surface area (Å²) >= 11 is 5.12. The van der Waals surface area contributed by atoms with E-state index in [1.54, 1.807) is 11.3 Å². The Bertz CT molecular complexity index is 283. The van der Waals surface area contributed by atoms with Crippen LogP contribution in [-0.4, -0.2) is 11.2 Å². The van der Waals surface area contributed by atoms with Crippen molar-refractivity contribution in [2.24, 2.45) is 11.8 Å². The van der Waals surface area contributed by atoms with Gasteiger partial charge in [-0.15, -0.1) is 11.3 Å². The molecule has 2 unspecified atom stereocenters. The number of thiophene rings is 1. The minimum Gasteiger partial charge on any atom is -0.392 e. The van der Waals surface area contributed by atoms with E-state index in [9.17, 15) is 5.11 Å². The summed E-state index contributed by atoms with van der Waals surface area (Å²) < 4.78 is 1.11. The first-order valence-corrected chi connectivity index (χ1v) is 6.59. The zero-order valence-corrected chi connectivity index (χ0v) is 11.2. The molecule has 0 amide bonds. The number of rotatable bonds is 4. The standard InChI is InChI=1S/C11H17BrOS/c1-7(2)8(3)11(13)5-10-4-9(12)6-14-10/h4,6-8,11,13H,5H2,1-3H3. The Hall–Kier alpha value is 0.140. The van der Waals surface area contributed by atoms with E-state index in [0.29, 0.717) is 11.8 Å². The largest absolute Gasteiger partial charge is 0.392 e. The predicted molar refractivity (Wildman–Crippen MR) is 65.7 cm³/mol. The monoisotopic (exact) mass is 276 g/mol. The van der Waals surface area contributed by atoms with Gasteiger partial charge in [-0.2, -0.15) is 0 Å². The number of hydrogen-bond donors (Lipinski definition) is 1. The van der Waals surface area contributed by atoms with E-state index in [1.807, 2.05) is 0 Å². The van der Waals surface area contributed by atoms with Crippen molar-refractivity contribution < 1.29 is 5.11 Å². The highest BCUT2D eigenvalue weighted by atomic mass is 79.9. The number of halogens is 1. The third-order valence-corrected chi connectivity index (χ3v) is 4.41. The summed E-state index contributed by atoms with van der Waals surface area (Å²) in [7, 11) is 0.